The second-order valence-corrected chi connectivity index (χ2v) is 13.1. The molecule has 9 heteroatoms. The van der Waals surface area contributed by atoms with Crippen molar-refractivity contribution >= 4 is 19.9 Å². The van der Waals surface area contributed by atoms with E-state index in [1.165, 1.54) is 10.5 Å². The molecule has 182 valence electrons. The van der Waals surface area contributed by atoms with Gasteiger partial charge in [0, 0.05) is 12.6 Å². The Kier molecular flexibility index (Phi) is 6.98. The van der Waals surface area contributed by atoms with Crippen LogP contribution in [0.2, 0.25) is 0 Å². The molecular weight excluding hydrogens is 470 g/mol. The van der Waals surface area contributed by atoms with Crippen LogP contribution in [0.1, 0.15) is 43.5 Å². The first kappa shape index (κ1) is 24.6. The van der Waals surface area contributed by atoms with Crippen molar-refractivity contribution in [2.45, 2.75) is 68.5 Å². The molecule has 0 bridgehead atoms. The van der Waals surface area contributed by atoms with Crippen LogP contribution in [0.15, 0.2) is 70.8 Å². The number of hydrogen-bond donors (Lipinski definition) is 0. The third-order valence-corrected chi connectivity index (χ3v) is 9.44. The summed E-state index contributed by atoms with van der Waals surface area (Å²) in [7, 11) is -7.45. The minimum Gasteiger partial charge on any atom is -0.317 e. The Labute approximate surface area is 202 Å². The Morgan fingerprint density at radius 3 is 2.26 bits per heavy atom. The van der Waals surface area contributed by atoms with E-state index in [0.717, 1.165) is 24.0 Å². The maximum atomic E-state index is 13.4. The van der Waals surface area contributed by atoms with Gasteiger partial charge in [-0.1, -0.05) is 56.3 Å². The molecule has 0 N–H and O–H groups in total. The molecule has 1 aliphatic carbocycles. The second-order valence-electron chi connectivity index (χ2n) is 9.32. The number of benzene rings is 2. The van der Waals surface area contributed by atoms with Crippen molar-refractivity contribution in [1.29, 1.82) is 0 Å². The number of rotatable bonds is 10. The number of aryl methyl sites for hydroxylation is 1. The molecular formula is C25H31N3O4S2. The summed E-state index contributed by atoms with van der Waals surface area (Å²) < 4.78 is 56.8. The van der Waals surface area contributed by atoms with Gasteiger partial charge in [0.05, 0.1) is 29.1 Å². The molecule has 0 amide bonds. The minimum atomic E-state index is -3.74. The van der Waals surface area contributed by atoms with E-state index in [1.54, 1.807) is 34.9 Å². The number of aromatic nitrogens is 2. The van der Waals surface area contributed by atoms with Gasteiger partial charge in [-0.2, -0.15) is 4.31 Å². The SMILES string of the molecule is Cc1ccccc1CS(=O)(=O)c1ncc(CN(C2CC2)S(=O)(=O)c2ccccc2)n1CC(C)C. The Balaban J connectivity index is 1.71. The molecule has 2 aromatic carbocycles. The van der Waals surface area contributed by atoms with Crippen LogP contribution in [0, 0.1) is 12.8 Å². The van der Waals surface area contributed by atoms with Crippen LogP contribution < -0.4 is 0 Å². The van der Waals surface area contributed by atoms with E-state index in [-0.39, 0.29) is 34.3 Å². The number of hydrogen-bond acceptors (Lipinski definition) is 5. The van der Waals surface area contributed by atoms with Gasteiger partial charge in [-0.3, -0.25) is 0 Å². The lowest BCUT2D eigenvalue weighted by atomic mass is 10.1. The van der Waals surface area contributed by atoms with E-state index >= 15 is 0 Å². The third kappa shape index (κ3) is 5.26. The average Bonchev–Trinajstić information content (AvgIpc) is 3.54. The summed E-state index contributed by atoms with van der Waals surface area (Å²) in [6.45, 7) is 6.41. The average molecular weight is 502 g/mol. The molecule has 0 atom stereocenters. The molecule has 0 spiro atoms. The normalized spacial score (nSPS) is 14.7. The molecule has 0 aliphatic heterocycles. The van der Waals surface area contributed by atoms with E-state index in [0.29, 0.717) is 12.2 Å². The van der Waals surface area contributed by atoms with E-state index in [2.05, 4.69) is 4.98 Å². The van der Waals surface area contributed by atoms with Gasteiger partial charge in [0.1, 0.15) is 0 Å². The summed E-state index contributed by atoms with van der Waals surface area (Å²) in [5.41, 5.74) is 2.22. The molecule has 1 aliphatic rings. The predicted octanol–water partition coefficient (Wildman–Crippen LogP) is 4.17. The van der Waals surface area contributed by atoms with Gasteiger partial charge >= 0.3 is 0 Å². The third-order valence-electron chi connectivity index (χ3n) is 5.96. The Hall–Kier alpha value is -2.49. The molecule has 7 nitrogen and oxygen atoms in total. The van der Waals surface area contributed by atoms with Crippen LogP contribution >= 0.6 is 0 Å². The van der Waals surface area contributed by atoms with Gasteiger partial charge in [-0.15, -0.1) is 0 Å². The van der Waals surface area contributed by atoms with Crippen molar-refractivity contribution in [3.05, 3.63) is 77.6 Å². The summed E-state index contributed by atoms with van der Waals surface area (Å²) >= 11 is 0. The number of imidazole rings is 1. The van der Waals surface area contributed by atoms with Crippen LogP contribution in [0.25, 0.3) is 0 Å². The van der Waals surface area contributed by atoms with Crippen LogP contribution in [-0.2, 0) is 38.7 Å². The van der Waals surface area contributed by atoms with Crippen LogP contribution in [0.4, 0.5) is 0 Å². The Morgan fingerprint density at radius 2 is 1.65 bits per heavy atom. The second kappa shape index (κ2) is 9.64. The summed E-state index contributed by atoms with van der Waals surface area (Å²) in [6, 6.07) is 15.7. The summed E-state index contributed by atoms with van der Waals surface area (Å²) in [5, 5.41) is -0.00712. The fourth-order valence-electron chi connectivity index (χ4n) is 4.03. The first-order valence-corrected chi connectivity index (χ1v) is 14.6. The van der Waals surface area contributed by atoms with Gasteiger partial charge < -0.3 is 4.57 Å². The molecule has 1 heterocycles. The first-order chi connectivity index (χ1) is 16.1. The van der Waals surface area contributed by atoms with Gasteiger partial charge in [0.25, 0.3) is 0 Å². The molecule has 0 radical (unpaired) electrons. The highest BCUT2D eigenvalue weighted by atomic mass is 32.2. The smallest absolute Gasteiger partial charge is 0.243 e. The zero-order chi connectivity index (χ0) is 24.5. The quantitative estimate of drug-likeness (QED) is 0.416. The molecule has 0 saturated heterocycles. The molecule has 1 aromatic heterocycles. The standard InChI is InChI=1S/C25H31N3O4S2/c1-19(2)16-27-23(15-26-25(27)33(29,30)18-21-10-8-7-9-20(21)3)17-28(22-13-14-22)34(31,32)24-11-5-4-6-12-24/h4-12,15,19,22H,13-14,16-18H2,1-3H3. The first-order valence-electron chi connectivity index (χ1n) is 11.5. The zero-order valence-corrected chi connectivity index (χ0v) is 21.4. The highest BCUT2D eigenvalue weighted by Crippen LogP contribution is 2.34. The van der Waals surface area contributed by atoms with E-state index in [1.807, 2.05) is 45.0 Å². The Morgan fingerprint density at radius 1 is 1.00 bits per heavy atom. The minimum absolute atomic E-state index is 0.00712. The van der Waals surface area contributed by atoms with E-state index in [4.69, 9.17) is 0 Å². The molecule has 1 saturated carbocycles. The topological polar surface area (TPSA) is 89.3 Å². The lowest BCUT2D eigenvalue weighted by molar-refractivity contribution is 0.376. The van der Waals surface area contributed by atoms with Crippen LogP contribution in [-0.4, -0.2) is 36.7 Å². The monoisotopic (exact) mass is 501 g/mol. The lowest BCUT2D eigenvalue weighted by Gasteiger charge is -2.23. The van der Waals surface area contributed by atoms with Gasteiger partial charge in [-0.25, -0.2) is 21.8 Å². The van der Waals surface area contributed by atoms with Crippen molar-refractivity contribution in [3.63, 3.8) is 0 Å². The fraction of sp³-hybridized carbons (Fsp3) is 0.400. The van der Waals surface area contributed by atoms with Crippen molar-refractivity contribution < 1.29 is 16.8 Å². The van der Waals surface area contributed by atoms with Crippen molar-refractivity contribution in [3.8, 4) is 0 Å². The highest BCUT2D eigenvalue weighted by molar-refractivity contribution is 7.90. The van der Waals surface area contributed by atoms with Crippen molar-refractivity contribution in [2.75, 3.05) is 0 Å². The molecule has 1 fully saturated rings. The van der Waals surface area contributed by atoms with Crippen LogP contribution in [0.3, 0.4) is 0 Å². The molecule has 3 aromatic rings. The van der Waals surface area contributed by atoms with E-state index < -0.39 is 19.9 Å². The summed E-state index contributed by atoms with van der Waals surface area (Å²) in [5.74, 6) is 0.00328. The summed E-state index contributed by atoms with van der Waals surface area (Å²) in [6.07, 6.45) is 3.11. The number of nitrogens with zero attached hydrogens (tertiary/aromatic N) is 3. The lowest BCUT2D eigenvalue weighted by Crippen LogP contribution is -2.33. The van der Waals surface area contributed by atoms with E-state index in [9.17, 15) is 16.8 Å². The molecule has 4 rings (SSSR count). The van der Waals surface area contributed by atoms with Crippen LogP contribution in [0.5, 0.6) is 0 Å². The zero-order valence-electron chi connectivity index (χ0n) is 19.8. The highest BCUT2D eigenvalue weighted by Gasteiger charge is 2.39. The number of sulfonamides is 1. The Bertz CT molecular complexity index is 1360. The molecule has 0 unspecified atom stereocenters. The summed E-state index contributed by atoms with van der Waals surface area (Å²) in [4.78, 5) is 4.55. The maximum Gasteiger partial charge on any atom is 0.243 e. The largest absolute Gasteiger partial charge is 0.317 e. The van der Waals surface area contributed by atoms with Gasteiger partial charge in [0.2, 0.25) is 25.0 Å². The maximum absolute atomic E-state index is 13.4. The fourth-order valence-corrected chi connectivity index (χ4v) is 7.31. The number of sulfone groups is 1. The van der Waals surface area contributed by atoms with Crippen molar-refractivity contribution in [2.24, 2.45) is 5.92 Å². The molecule has 34 heavy (non-hydrogen) atoms. The predicted molar refractivity (Wildman–Crippen MR) is 131 cm³/mol. The van der Waals surface area contributed by atoms with Gasteiger partial charge in [0.15, 0.2) is 0 Å². The van der Waals surface area contributed by atoms with Crippen molar-refractivity contribution in [1.82, 2.24) is 13.9 Å². The van der Waals surface area contributed by atoms with Gasteiger partial charge in [-0.05, 0) is 48.9 Å².